The molecule has 1 aliphatic heterocycles. The zero-order chi connectivity index (χ0) is 17.7. The number of carbonyl (C=O) groups excluding carboxylic acids is 1. The van der Waals surface area contributed by atoms with E-state index in [1.807, 2.05) is 14.0 Å². The van der Waals surface area contributed by atoms with Crippen LogP contribution in [0.2, 0.25) is 0 Å². The van der Waals surface area contributed by atoms with E-state index in [-0.39, 0.29) is 11.8 Å². The van der Waals surface area contributed by atoms with Gasteiger partial charge >= 0.3 is 5.97 Å². The second-order valence-corrected chi connectivity index (χ2v) is 8.12. The normalized spacial score (nSPS) is 20.5. The van der Waals surface area contributed by atoms with Gasteiger partial charge in [0.2, 0.25) is 10.0 Å². The van der Waals surface area contributed by atoms with E-state index in [1.54, 1.807) is 28.6 Å². The molecule has 0 radical (unpaired) electrons. The SMILES string of the molecule is CC[C@@H]1CN(C)CCCN1S(=O)(=O)Cc1ccccc1C(=O)OC. The van der Waals surface area contributed by atoms with Crippen molar-refractivity contribution in [3.05, 3.63) is 35.4 Å². The first-order chi connectivity index (χ1) is 11.4. The number of esters is 1. The first-order valence-electron chi connectivity index (χ1n) is 8.23. The average molecular weight is 354 g/mol. The number of benzene rings is 1. The standard InChI is InChI=1S/C17H26N2O4S/c1-4-15-12-18(2)10-7-11-19(15)24(21,22)13-14-8-5-6-9-16(14)17(20)23-3/h5-6,8-9,15H,4,7,10-13H2,1-3H3/t15-/m1/s1. The molecular formula is C17H26N2O4S. The van der Waals surface area contributed by atoms with Crippen LogP contribution in [0.15, 0.2) is 24.3 Å². The summed E-state index contributed by atoms with van der Waals surface area (Å²) in [7, 11) is -0.194. The minimum Gasteiger partial charge on any atom is -0.465 e. The van der Waals surface area contributed by atoms with E-state index in [4.69, 9.17) is 4.74 Å². The van der Waals surface area contributed by atoms with Crippen LogP contribution in [0.3, 0.4) is 0 Å². The van der Waals surface area contributed by atoms with Crippen LogP contribution in [-0.4, -0.2) is 63.4 Å². The van der Waals surface area contributed by atoms with Gasteiger partial charge in [-0.3, -0.25) is 0 Å². The molecule has 0 spiro atoms. The molecule has 1 fully saturated rings. The van der Waals surface area contributed by atoms with Crippen molar-refractivity contribution in [3.63, 3.8) is 0 Å². The van der Waals surface area contributed by atoms with Crippen LogP contribution in [0, 0.1) is 0 Å². The zero-order valence-electron chi connectivity index (χ0n) is 14.6. The topological polar surface area (TPSA) is 66.9 Å². The van der Waals surface area contributed by atoms with Crippen molar-refractivity contribution >= 4 is 16.0 Å². The van der Waals surface area contributed by atoms with Gasteiger partial charge < -0.3 is 9.64 Å². The summed E-state index contributed by atoms with van der Waals surface area (Å²) in [6.07, 6.45) is 1.58. The fourth-order valence-corrected chi connectivity index (χ4v) is 5.04. The van der Waals surface area contributed by atoms with E-state index >= 15 is 0 Å². The first-order valence-corrected chi connectivity index (χ1v) is 9.84. The predicted molar refractivity (Wildman–Crippen MR) is 93.3 cm³/mol. The Bertz CT molecular complexity index is 675. The minimum atomic E-state index is -3.51. The number of ether oxygens (including phenoxy) is 1. The predicted octanol–water partition coefficient (Wildman–Crippen LogP) is 1.72. The molecule has 1 aromatic rings. The van der Waals surface area contributed by atoms with Gasteiger partial charge in [-0.15, -0.1) is 0 Å². The molecule has 2 rings (SSSR count). The summed E-state index contributed by atoms with van der Waals surface area (Å²) in [6, 6.07) is 6.69. The van der Waals surface area contributed by atoms with Crippen LogP contribution in [-0.2, 0) is 20.5 Å². The van der Waals surface area contributed by atoms with Gasteiger partial charge in [0, 0.05) is 19.1 Å². The van der Waals surface area contributed by atoms with E-state index in [9.17, 15) is 13.2 Å². The van der Waals surface area contributed by atoms with Crippen molar-refractivity contribution in [1.29, 1.82) is 0 Å². The lowest BCUT2D eigenvalue weighted by molar-refractivity contribution is 0.0600. The largest absolute Gasteiger partial charge is 0.465 e. The molecule has 0 N–H and O–H groups in total. The van der Waals surface area contributed by atoms with E-state index in [0.29, 0.717) is 17.7 Å². The summed E-state index contributed by atoms with van der Waals surface area (Å²) >= 11 is 0. The lowest BCUT2D eigenvalue weighted by Gasteiger charge is -2.29. The quantitative estimate of drug-likeness (QED) is 0.753. The molecule has 1 saturated heterocycles. The number of hydrogen-bond donors (Lipinski definition) is 0. The second kappa shape index (κ2) is 8.09. The maximum atomic E-state index is 13.0. The molecule has 0 saturated carbocycles. The Morgan fingerprint density at radius 2 is 2.00 bits per heavy atom. The van der Waals surface area contributed by atoms with Gasteiger partial charge in [0.05, 0.1) is 18.4 Å². The minimum absolute atomic E-state index is 0.0345. The molecule has 0 aliphatic carbocycles. The lowest BCUT2D eigenvalue weighted by Crippen LogP contribution is -2.44. The smallest absolute Gasteiger partial charge is 0.338 e. The van der Waals surface area contributed by atoms with Crippen LogP contribution in [0.1, 0.15) is 35.7 Å². The Morgan fingerprint density at radius 1 is 1.29 bits per heavy atom. The molecule has 0 bridgehead atoms. The number of carbonyl (C=O) groups is 1. The Kier molecular flexibility index (Phi) is 6.37. The van der Waals surface area contributed by atoms with Crippen LogP contribution >= 0.6 is 0 Å². The maximum Gasteiger partial charge on any atom is 0.338 e. The molecule has 6 nitrogen and oxygen atoms in total. The van der Waals surface area contributed by atoms with Gasteiger partial charge in [0.1, 0.15) is 0 Å². The Balaban J connectivity index is 2.29. The molecule has 1 aliphatic rings. The zero-order valence-corrected chi connectivity index (χ0v) is 15.4. The Morgan fingerprint density at radius 3 is 2.67 bits per heavy atom. The van der Waals surface area contributed by atoms with Gasteiger partial charge in [0.15, 0.2) is 0 Å². The first kappa shape index (κ1) is 18.9. The maximum absolute atomic E-state index is 13.0. The van der Waals surface area contributed by atoms with Crippen molar-refractivity contribution < 1.29 is 17.9 Å². The van der Waals surface area contributed by atoms with E-state index in [2.05, 4.69) is 4.90 Å². The third-order valence-electron chi connectivity index (χ3n) is 4.44. The molecule has 0 amide bonds. The summed E-state index contributed by atoms with van der Waals surface area (Å²) < 4.78 is 32.4. The van der Waals surface area contributed by atoms with Crippen LogP contribution in [0.25, 0.3) is 0 Å². The number of rotatable bonds is 5. The van der Waals surface area contributed by atoms with Crippen LogP contribution in [0.5, 0.6) is 0 Å². The molecular weight excluding hydrogens is 328 g/mol. The molecule has 0 unspecified atom stereocenters. The van der Waals surface area contributed by atoms with Crippen LogP contribution in [0.4, 0.5) is 0 Å². The number of sulfonamides is 1. The third-order valence-corrected chi connectivity index (χ3v) is 6.31. The van der Waals surface area contributed by atoms with Gasteiger partial charge in [-0.1, -0.05) is 25.1 Å². The summed E-state index contributed by atoms with van der Waals surface area (Å²) in [6.45, 7) is 4.15. The Hall–Kier alpha value is -1.44. The molecule has 0 aromatic heterocycles. The van der Waals surface area contributed by atoms with Crippen molar-refractivity contribution in [2.75, 3.05) is 33.8 Å². The highest BCUT2D eigenvalue weighted by atomic mass is 32.2. The highest BCUT2D eigenvalue weighted by molar-refractivity contribution is 7.88. The van der Waals surface area contributed by atoms with Gasteiger partial charge in [0.25, 0.3) is 0 Å². The third kappa shape index (κ3) is 4.34. The van der Waals surface area contributed by atoms with Gasteiger partial charge in [-0.05, 0) is 38.1 Å². The molecule has 134 valence electrons. The summed E-state index contributed by atoms with van der Waals surface area (Å²) in [4.78, 5) is 14.1. The Labute approximate surface area is 144 Å². The number of methoxy groups -OCH3 is 1. The number of nitrogens with zero attached hydrogens (tertiary/aromatic N) is 2. The summed E-state index contributed by atoms with van der Waals surface area (Å²) in [5.74, 6) is -0.693. The van der Waals surface area contributed by atoms with E-state index in [0.717, 1.165) is 25.9 Å². The van der Waals surface area contributed by atoms with Gasteiger partial charge in [-0.2, -0.15) is 4.31 Å². The van der Waals surface area contributed by atoms with Crippen molar-refractivity contribution in [2.24, 2.45) is 0 Å². The van der Waals surface area contributed by atoms with E-state index < -0.39 is 16.0 Å². The number of hydrogen-bond acceptors (Lipinski definition) is 5. The second-order valence-electron chi connectivity index (χ2n) is 6.19. The monoisotopic (exact) mass is 354 g/mol. The highest BCUT2D eigenvalue weighted by Crippen LogP contribution is 2.21. The highest BCUT2D eigenvalue weighted by Gasteiger charge is 2.32. The fraction of sp³-hybridized carbons (Fsp3) is 0.588. The number of likely N-dealkylation sites (N-methyl/N-ethyl adjacent to an activating group) is 1. The van der Waals surface area contributed by atoms with Crippen LogP contribution < -0.4 is 0 Å². The van der Waals surface area contributed by atoms with Crippen molar-refractivity contribution in [3.8, 4) is 0 Å². The molecule has 24 heavy (non-hydrogen) atoms. The fourth-order valence-electron chi connectivity index (χ4n) is 3.15. The van der Waals surface area contributed by atoms with Gasteiger partial charge in [-0.25, -0.2) is 13.2 Å². The average Bonchev–Trinajstić information content (AvgIpc) is 2.76. The van der Waals surface area contributed by atoms with E-state index in [1.165, 1.54) is 7.11 Å². The molecule has 1 aromatic carbocycles. The molecule has 1 atom stereocenters. The summed E-state index contributed by atoms with van der Waals surface area (Å²) in [5, 5.41) is 0. The molecule has 1 heterocycles. The van der Waals surface area contributed by atoms with Crippen molar-refractivity contribution in [2.45, 2.75) is 31.6 Å². The summed E-state index contributed by atoms with van der Waals surface area (Å²) in [5.41, 5.74) is 0.792. The molecule has 7 heteroatoms. The van der Waals surface area contributed by atoms with Crippen molar-refractivity contribution in [1.82, 2.24) is 9.21 Å². The lowest BCUT2D eigenvalue weighted by atomic mass is 10.1.